The van der Waals surface area contributed by atoms with Crippen molar-refractivity contribution in [2.75, 3.05) is 20.2 Å². The number of hydrogen-bond acceptors (Lipinski definition) is 5. The van der Waals surface area contributed by atoms with Crippen molar-refractivity contribution in [2.45, 2.75) is 26.3 Å². The van der Waals surface area contributed by atoms with Crippen LogP contribution in [-0.4, -0.2) is 46.8 Å². The van der Waals surface area contributed by atoms with E-state index in [9.17, 15) is 9.59 Å². The first-order valence-corrected chi connectivity index (χ1v) is 9.98. The van der Waals surface area contributed by atoms with Crippen LogP contribution >= 0.6 is 0 Å². The number of carbonyl (C=O) groups is 2. The zero-order chi connectivity index (χ0) is 20.4. The lowest BCUT2D eigenvalue weighted by atomic mass is 9.98. The van der Waals surface area contributed by atoms with E-state index in [4.69, 9.17) is 4.74 Å². The van der Waals surface area contributed by atoms with E-state index in [0.717, 1.165) is 31.5 Å². The van der Waals surface area contributed by atoms with Gasteiger partial charge in [0.25, 0.3) is 11.8 Å². The van der Waals surface area contributed by atoms with Gasteiger partial charge in [-0.3, -0.25) is 19.5 Å². The molecular formula is C23H25N3O3. The maximum atomic E-state index is 13.4. The number of likely N-dealkylation sites (tertiary alicyclic amines) is 1. The second-order valence-corrected chi connectivity index (χ2v) is 7.66. The summed E-state index contributed by atoms with van der Waals surface area (Å²) in [6, 6.07) is 12.8. The molecule has 0 spiro atoms. The second-order valence-electron chi connectivity index (χ2n) is 7.66. The van der Waals surface area contributed by atoms with Gasteiger partial charge in [-0.25, -0.2) is 0 Å². The minimum Gasteiger partial charge on any atom is -0.497 e. The summed E-state index contributed by atoms with van der Waals surface area (Å²) in [5, 5.41) is 0. The quantitative estimate of drug-likeness (QED) is 0.733. The number of pyridine rings is 1. The smallest absolute Gasteiger partial charge is 0.278 e. The van der Waals surface area contributed by atoms with Crippen LogP contribution in [0.15, 0.2) is 54.4 Å². The summed E-state index contributed by atoms with van der Waals surface area (Å²) in [6.07, 6.45) is 3.83. The molecule has 1 atom stereocenters. The number of hydrogen-bond donors (Lipinski definition) is 0. The second kappa shape index (κ2) is 8.07. The van der Waals surface area contributed by atoms with Crippen LogP contribution in [0.3, 0.4) is 0 Å². The Kier molecular flexibility index (Phi) is 5.34. The predicted octanol–water partition coefficient (Wildman–Crippen LogP) is 3.10. The van der Waals surface area contributed by atoms with Gasteiger partial charge in [0, 0.05) is 19.3 Å². The number of rotatable bonds is 5. The van der Waals surface area contributed by atoms with Crippen molar-refractivity contribution >= 4 is 17.4 Å². The summed E-state index contributed by atoms with van der Waals surface area (Å²) < 4.78 is 5.24. The Labute approximate surface area is 170 Å². The minimum atomic E-state index is -0.265. The Morgan fingerprint density at radius 1 is 1.10 bits per heavy atom. The number of benzene rings is 1. The van der Waals surface area contributed by atoms with Crippen LogP contribution in [0.2, 0.25) is 0 Å². The van der Waals surface area contributed by atoms with Gasteiger partial charge in [0.15, 0.2) is 0 Å². The summed E-state index contributed by atoms with van der Waals surface area (Å²) >= 11 is 0. The number of carbonyl (C=O) groups excluding carboxylic acids is 2. The van der Waals surface area contributed by atoms with E-state index in [1.807, 2.05) is 42.5 Å². The van der Waals surface area contributed by atoms with E-state index in [-0.39, 0.29) is 18.4 Å². The highest BCUT2D eigenvalue weighted by Crippen LogP contribution is 2.35. The molecule has 0 N–H and O–H groups in total. The molecule has 0 radical (unpaired) electrons. The van der Waals surface area contributed by atoms with Gasteiger partial charge in [-0.2, -0.15) is 0 Å². The highest BCUT2D eigenvalue weighted by atomic mass is 16.5. The molecule has 4 rings (SSSR count). The Balaban J connectivity index is 1.73. The van der Waals surface area contributed by atoms with E-state index in [1.54, 1.807) is 13.3 Å². The zero-order valence-electron chi connectivity index (χ0n) is 16.8. The number of piperidine rings is 1. The minimum absolute atomic E-state index is 0.172. The number of amides is 2. The van der Waals surface area contributed by atoms with Gasteiger partial charge in [-0.05, 0) is 48.6 Å². The first kappa shape index (κ1) is 19.2. The average Bonchev–Trinajstić information content (AvgIpc) is 2.99. The van der Waals surface area contributed by atoms with Crippen molar-refractivity contribution < 1.29 is 14.3 Å². The van der Waals surface area contributed by atoms with Gasteiger partial charge < -0.3 is 9.64 Å². The maximum Gasteiger partial charge on any atom is 0.278 e. The SMILES string of the molecule is COc1ccc(C2=C(N3CCCC(C)C3)C(=O)N(Cc3ccccn3)C2=O)cc1. The molecule has 1 aromatic carbocycles. The van der Waals surface area contributed by atoms with Crippen molar-refractivity contribution in [1.82, 2.24) is 14.8 Å². The van der Waals surface area contributed by atoms with Crippen molar-refractivity contribution in [1.29, 1.82) is 0 Å². The Hall–Kier alpha value is -3.15. The van der Waals surface area contributed by atoms with Gasteiger partial charge >= 0.3 is 0 Å². The molecule has 6 heteroatoms. The van der Waals surface area contributed by atoms with Crippen LogP contribution in [0.4, 0.5) is 0 Å². The largest absolute Gasteiger partial charge is 0.497 e. The molecule has 29 heavy (non-hydrogen) atoms. The van der Waals surface area contributed by atoms with E-state index in [1.165, 1.54) is 4.90 Å². The third-order valence-corrected chi connectivity index (χ3v) is 5.54. The normalized spacial score (nSPS) is 19.9. The van der Waals surface area contributed by atoms with Gasteiger partial charge in [-0.1, -0.05) is 25.1 Å². The van der Waals surface area contributed by atoms with Gasteiger partial charge in [0.1, 0.15) is 11.4 Å². The third-order valence-electron chi connectivity index (χ3n) is 5.54. The molecule has 3 heterocycles. The number of imide groups is 1. The molecule has 6 nitrogen and oxygen atoms in total. The number of aromatic nitrogens is 1. The number of nitrogens with zero attached hydrogens (tertiary/aromatic N) is 3. The van der Waals surface area contributed by atoms with Crippen molar-refractivity contribution in [3.8, 4) is 5.75 Å². The molecule has 1 saturated heterocycles. The molecular weight excluding hydrogens is 366 g/mol. The Morgan fingerprint density at radius 2 is 1.90 bits per heavy atom. The summed E-state index contributed by atoms with van der Waals surface area (Å²) in [5.41, 5.74) is 2.42. The van der Waals surface area contributed by atoms with E-state index in [2.05, 4.69) is 16.8 Å². The first-order valence-electron chi connectivity index (χ1n) is 9.98. The first-order chi connectivity index (χ1) is 14.1. The van der Waals surface area contributed by atoms with Crippen molar-refractivity contribution in [3.63, 3.8) is 0 Å². The van der Waals surface area contributed by atoms with E-state index < -0.39 is 0 Å². The van der Waals surface area contributed by atoms with Crippen LogP contribution in [0, 0.1) is 5.92 Å². The summed E-state index contributed by atoms with van der Waals surface area (Å²) in [7, 11) is 1.60. The molecule has 1 aromatic heterocycles. The van der Waals surface area contributed by atoms with E-state index >= 15 is 0 Å². The van der Waals surface area contributed by atoms with Crippen LogP contribution in [-0.2, 0) is 16.1 Å². The van der Waals surface area contributed by atoms with Gasteiger partial charge in [0.2, 0.25) is 0 Å². The van der Waals surface area contributed by atoms with Gasteiger partial charge in [-0.15, -0.1) is 0 Å². The lowest BCUT2D eigenvalue weighted by molar-refractivity contribution is -0.138. The van der Waals surface area contributed by atoms with Crippen LogP contribution in [0.5, 0.6) is 5.75 Å². The van der Waals surface area contributed by atoms with E-state index in [0.29, 0.717) is 28.6 Å². The van der Waals surface area contributed by atoms with Gasteiger partial charge in [0.05, 0.1) is 24.9 Å². The zero-order valence-corrected chi connectivity index (χ0v) is 16.8. The highest BCUT2D eigenvalue weighted by molar-refractivity contribution is 6.35. The number of ether oxygens (including phenoxy) is 1. The molecule has 2 aliphatic rings. The molecule has 150 valence electrons. The van der Waals surface area contributed by atoms with Crippen LogP contribution in [0.1, 0.15) is 31.0 Å². The molecule has 2 amide bonds. The third kappa shape index (κ3) is 3.75. The van der Waals surface area contributed by atoms with Crippen LogP contribution in [0.25, 0.3) is 5.57 Å². The van der Waals surface area contributed by atoms with Crippen LogP contribution < -0.4 is 4.74 Å². The predicted molar refractivity (Wildman–Crippen MR) is 110 cm³/mol. The molecule has 0 saturated carbocycles. The lowest BCUT2D eigenvalue weighted by Crippen LogP contribution is -2.39. The molecule has 0 aliphatic carbocycles. The number of methoxy groups -OCH3 is 1. The van der Waals surface area contributed by atoms with Crippen molar-refractivity contribution in [3.05, 3.63) is 65.6 Å². The highest BCUT2D eigenvalue weighted by Gasteiger charge is 2.42. The fourth-order valence-electron chi connectivity index (χ4n) is 4.06. The monoisotopic (exact) mass is 391 g/mol. The standard InChI is InChI=1S/C23H25N3O3/c1-16-6-5-13-25(14-16)21-20(17-8-10-19(29-2)11-9-17)22(27)26(23(21)28)15-18-7-3-4-12-24-18/h3-4,7-12,16H,5-6,13-15H2,1-2H3. The summed E-state index contributed by atoms with van der Waals surface area (Å²) in [4.78, 5) is 34.4. The molecule has 0 bridgehead atoms. The average molecular weight is 391 g/mol. The topological polar surface area (TPSA) is 62.7 Å². The molecule has 1 fully saturated rings. The maximum absolute atomic E-state index is 13.4. The fraction of sp³-hybridized carbons (Fsp3) is 0.348. The molecule has 2 aromatic rings. The lowest BCUT2D eigenvalue weighted by Gasteiger charge is -2.33. The molecule has 2 aliphatic heterocycles. The fourth-order valence-corrected chi connectivity index (χ4v) is 4.06. The Bertz CT molecular complexity index is 938. The van der Waals surface area contributed by atoms with Crippen molar-refractivity contribution in [2.24, 2.45) is 5.92 Å². The Morgan fingerprint density at radius 3 is 2.55 bits per heavy atom. The summed E-state index contributed by atoms with van der Waals surface area (Å²) in [6.45, 7) is 3.93. The molecule has 1 unspecified atom stereocenters. The summed E-state index contributed by atoms with van der Waals surface area (Å²) in [5.74, 6) is 0.699.